The van der Waals surface area contributed by atoms with Crippen LogP contribution in [0.2, 0.25) is 0 Å². The van der Waals surface area contributed by atoms with E-state index in [-0.39, 0.29) is 23.1 Å². The number of aryl methyl sites for hydroxylation is 1. The van der Waals surface area contributed by atoms with Crippen molar-refractivity contribution < 1.29 is 26.7 Å². The average Bonchev–Trinajstić information content (AvgIpc) is 3.08. The molecule has 0 bridgehead atoms. The number of carbonyl (C=O) groups excluding carboxylic acids is 1. The molecule has 0 spiro atoms. The molecular weight excluding hydrogens is 402 g/mol. The molecule has 9 heteroatoms. The molecule has 2 aromatic carbocycles. The number of alkyl halides is 2. The molecular formula is C20H22F2N2O4S. The third-order valence-electron chi connectivity index (χ3n) is 4.69. The van der Waals surface area contributed by atoms with Gasteiger partial charge in [-0.3, -0.25) is 4.79 Å². The van der Waals surface area contributed by atoms with Gasteiger partial charge in [0.25, 0.3) is 0 Å². The van der Waals surface area contributed by atoms with Gasteiger partial charge >= 0.3 is 6.61 Å². The Morgan fingerprint density at radius 2 is 1.90 bits per heavy atom. The van der Waals surface area contributed by atoms with E-state index in [0.717, 1.165) is 12.0 Å². The lowest BCUT2D eigenvalue weighted by Crippen LogP contribution is -2.27. The first-order chi connectivity index (χ1) is 13.8. The lowest BCUT2D eigenvalue weighted by Gasteiger charge is -2.17. The molecule has 156 valence electrons. The highest BCUT2D eigenvalue weighted by Crippen LogP contribution is 2.26. The van der Waals surface area contributed by atoms with Crippen LogP contribution >= 0.6 is 0 Å². The fourth-order valence-corrected chi connectivity index (χ4v) is 4.53. The van der Waals surface area contributed by atoms with E-state index in [2.05, 4.69) is 9.46 Å². The van der Waals surface area contributed by atoms with E-state index in [1.54, 1.807) is 36.1 Å². The van der Waals surface area contributed by atoms with Crippen molar-refractivity contribution in [2.24, 2.45) is 0 Å². The topological polar surface area (TPSA) is 75.7 Å². The molecule has 1 aliphatic rings. The van der Waals surface area contributed by atoms with Gasteiger partial charge in [0.2, 0.25) is 15.9 Å². The Morgan fingerprint density at radius 3 is 2.48 bits per heavy atom. The van der Waals surface area contributed by atoms with E-state index in [1.165, 1.54) is 18.2 Å². The summed E-state index contributed by atoms with van der Waals surface area (Å²) in [5, 5.41) is 0. The second-order valence-electron chi connectivity index (χ2n) is 6.77. The number of nitrogens with one attached hydrogen (secondary N) is 1. The Kier molecular flexibility index (Phi) is 6.49. The third kappa shape index (κ3) is 5.30. The van der Waals surface area contributed by atoms with Crippen LogP contribution in [0.5, 0.6) is 5.75 Å². The van der Waals surface area contributed by atoms with Gasteiger partial charge in [0, 0.05) is 25.2 Å². The molecule has 0 aliphatic carbocycles. The lowest BCUT2D eigenvalue weighted by molar-refractivity contribution is -0.117. The maximum Gasteiger partial charge on any atom is 0.387 e. The molecule has 29 heavy (non-hydrogen) atoms. The van der Waals surface area contributed by atoms with Crippen molar-refractivity contribution in [2.45, 2.75) is 37.7 Å². The molecule has 1 amide bonds. The molecule has 1 heterocycles. The summed E-state index contributed by atoms with van der Waals surface area (Å²) >= 11 is 0. The summed E-state index contributed by atoms with van der Waals surface area (Å²) in [6.45, 7) is -0.390. The van der Waals surface area contributed by atoms with Crippen LogP contribution < -0.4 is 14.4 Å². The Balaban J connectivity index is 1.61. The van der Waals surface area contributed by atoms with Crippen molar-refractivity contribution in [3.8, 4) is 5.75 Å². The molecule has 6 nitrogen and oxygen atoms in total. The molecule has 1 fully saturated rings. The predicted molar refractivity (Wildman–Crippen MR) is 105 cm³/mol. The summed E-state index contributed by atoms with van der Waals surface area (Å²) < 4.78 is 56.4. The van der Waals surface area contributed by atoms with E-state index in [1.807, 2.05) is 0 Å². The minimum atomic E-state index is -3.72. The number of carbonyl (C=O) groups is 1. The van der Waals surface area contributed by atoms with Crippen molar-refractivity contribution in [3.05, 3.63) is 53.6 Å². The molecule has 0 aromatic heterocycles. The number of rotatable bonds is 8. The van der Waals surface area contributed by atoms with E-state index in [0.29, 0.717) is 30.6 Å². The smallest absolute Gasteiger partial charge is 0.387 e. The highest BCUT2D eigenvalue weighted by atomic mass is 32.2. The third-order valence-corrected chi connectivity index (χ3v) is 6.31. The van der Waals surface area contributed by atoms with Crippen molar-refractivity contribution >= 4 is 21.6 Å². The zero-order valence-corrected chi connectivity index (χ0v) is 16.7. The van der Waals surface area contributed by atoms with Gasteiger partial charge in [-0.25, -0.2) is 13.1 Å². The molecule has 2 aromatic rings. The number of sulfonamides is 1. The van der Waals surface area contributed by atoms with Crippen LogP contribution in [0.1, 0.15) is 24.0 Å². The standard InChI is InChI=1S/C20H22F2N2O4S/c1-14-13-16(24-12-2-3-19(24)25)6-9-18(14)29(26,27)23-11-10-15-4-7-17(8-5-15)28-20(21)22/h4-9,13,20,23H,2-3,10-12H2,1H3. The van der Waals surface area contributed by atoms with Gasteiger partial charge in [-0.15, -0.1) is 0 Å². The zero-order chi connectivity index (χ0) is 21.0. The maximum absolute atomic E-state index is 12.6. The van der Waals surface area contributed by atoms with Crippen molar-refractivity contribution in [2.75, 3.05) is 18.0 Å². The number of halogens is 2. The van der Waals surface area contributed by atoms with Crippen molar-refractivity contribution in [1.82, 2.24) is 4.72 Å². The fourth-order valence-electron chi connectivity index (χ4n) is 3.27. The van der Waals surface area contributed by atoms with Gasteiger partial charge in [0.05, 0.1) is 4.90 Å². The summed E-state index contributed by atoms with van der Waals surface area (Å²) in [5.41, 5.74) is 2.05. The quantitative estimate of drug-likeness (QED) is 0.706. The van der Waals surface area contributed by atoms with Crippen LogP contribution in [0.15, 0.2) is 47.4 Å². The van der Waals surface area contributed by atoms with Gasteiger partial charge in [-0.1, -0.05) is 12.1 Å². The number of benzene rings is 2. The van der Waals surface area contributed by atoms with E-state index in [9.17, 15) is 22.0 Å². The summed E-state index contributed by atoms with van der Waals surface area (Å²) in [7, 11) is -3.72. The van der Waals surface area contributed by atoms with Crippen LogP contribution in [0.4, 0.5) is 14.5 Å². The Morgan fingerprint density at radius 1 is 1.17 bits per heavy atom. The normalized spacial score (nSPS) is 14.6. The maximum atomic E-state index is 12.6. The molecule has 0 atom stereocenters. The highest BCUT2D eigenvalue weighted by molar-refractivity contribution is 7.89. The van der Waals surface area contributed by atoms with Gasteiger partial charge in [-0.2, -0.15) is 8.78 Å². The second-order valence-corrected chi connectivity index (χ2v) is 8.50. The number of hydrogen-bond donors (Lipinski definition) is 1. The van der Waals surface area contributed by atoms with Crippen LogP contribution in [0.25, 0.3) is 0 Å². The molecule has 1 saturated heterocycles. The Labute approximate surface area is 168 Å². The SMILES string of the molecule is Cc1cc(N2CCCC2=O)ccc1S(=O)(=O)NCCc1ccc(OC(F)F)cc1. The molecule has 3 rings (SSSR count). The Hall–Kier alpha value is -2.52. The highest BCUT2D eigenvalue weighted by Gasteiger charge is 2.23. The van der Waals surface area contributed by atoms with Gasteiger partial charge in [-0.05, 0) is 61.2 Å². The molecule has 0 unspecified atom stereocenters. The zero-order valence-electron chi connectivity index (χ0n) is 15.9. The molecule has 1 aliphatic heterocycles. The largest absolute Gasteiger partial charge is 0.435 e. The fraction of sp³-hybridized carbons (Fsp3) is 0.350. The Bertz CT molecular complexity index is 978. The molecule has 1 N–H and O–H groups in total. The predicted octanol–water partition coefficient (Wildman–Crippen LogP) is 3.24. The first kappa shape index (κ1) is 21.2. The number of anilines is 1. The minimum Gasteiger partial charge on any atom is -0.435 e. The summed E-state index contributed by atoms with van der Waals surface area (Å²) in [4.78, 5) is 13.7. The van der Waals surface area contributed by atoms with Gasteiger partial charge < -0.3 is 9.64 Å². The number of amides is 1. The van der Waals surface area contributed by atoms with Gasteiger partial charge in [0.15, 0.2) is 0 Å². The van der Waals surface area contributed by atoms with Crippen molar-refractivity contribution in [1.29, 1.82) is 0 Å². The van der Waals surface area contributed by atoms with Gasteiger partial charge in [0.1, 0.15) is 5.75 Å². The number of nitrogens with zero attached hydrogens (tertiary/aromatic N) is 1. The van der Waals surface area contributed by atoms with Crippen LogP contribution in [0, 0.1) is 6.92 Å². The van der Waals surface area contributed by atoms with E-state index in [4.69, 9.17) is 0 Å². The molecule has 0 saturated carbocycles. The minimum absolute atomic E-state index is 0.0445. The number of hydrogen-bond acceptors (Lipinski definition) is 4. The first-order valence-corrected chi connectivity index (χ1v) is 10.7. The van der Waals surface area contributed by atoms with Crippen molar-refractivity contribution in [3.63, 3.8) is 0 Å². The second kappa shape index (κ2) is 8.87. The van der Waals surface area contributed by atoms with E-state index < -0.39 is 16.6 Å². The summed E-state index contributed by atoms with van der Waals surface area (Å²) in [6, 6.07) is 10.9. The summed E-state index contributed by atoms with van der Waals surface area (Å²) in [6.07, 6.45) is 1.71. The average molecular weight is 424 g/mol. The first-order valence-electron chi connectivity index (χ1n) is 9.21. The summed E-state index contributed by atoms with van der Waals surface area (Å²) in [5.74, 6) is 0.0969. The molecule has 0 radical (unpaired) electrons. The number of ether oxygens (including phenoxy) is 1. The monoisotopic (exact) mass is 424 g/mol. The van der Waals surface area contributed by atoms with Crippen LogP contribution in [0.3, 0.4) is 0 Å². The van der Waals surface area contributed by atoms with Crippen LogP contribution in [-0.4, -0.2) is 34.0 Å². The van der Waals surface area contributed by atoms with E-state index >= 15 is 0 Å². The van der Waals surface area contributed by atoms with Crippen LogP contribution in [-0.2, 0) is 21.2 Å². The lowest BCUT2D eigenvalue weighted by atomic mass is 10.1.